The van der Waals surface area contributed by atoms with Crippen molar-refractivity contribution in [3.05, 3.63) is 40.4 Å². The molecule has 0 spiro atoms. The van der Waals surface area contributed by atoms with Crippen molar-refractivity contribution in [2.24, 2.45) is 0 Å². The van der Waals surface area contributed by atoms with E-state index in [1.54, 1.807) is 11.8 Å². The average Bonchev–Trinajstić information content (AvgIpc) is 2.74. The van der Waals surface area contributed by atoms with E-state index < -0.39 is 0 Å². The van der Waals surface area contributed by atoms with Crippen LogP contribution >= 0.6 is 39.3 Å². The summed E-state index contributed by atoms with van der Waals surface area (Å²) in [5.74, 6) is 2.60. The number of H-pyrrole nitrogens is 1. The Morgan fingerprint density at radius 2 is 2.31 bits per heavy atom. The number of aromatic amines is 1. The summed E-state index contributed by atoms with van der Waals surface area (Å²) in [4.78, 5) is 5.43. The first-order valence-corrected chi connectivity index (χ1v) is 6.94. The lowest BCUT2D eigenvalue weighted by Crippen LogP contribution is -1.84. The van der Waals surface area contributed by atoms with Gasteiger partial charge < -0.3 is 0 Å². The van der Waals surface area contributed by atoms with Gasteiger partial charge in [0.1, 0.15) is 5.82 Å². The molecular weight excluding hydrogens is 310 g/mol. The van der Waals surface area contributed by atoms with Crippen molar-refractivity contribution >= 4 is 39.3 Å². The summed E-state index contributed by atoms with van der Waals surface area (Å²) in [5, 5.41) is 6.84. The topological polar surface area (TPSA) is 41.6 Å². The molecule has 0 fully saturated rings. The second-order valence-corrected chi connectivity index (χ2v) is 5.31. The van der Waals surface area contributed by atoms with Crippen LogP contribution in [0.3, 0.4) is 0 Å². The first-order chi connectivity index (χ1) is 7.78. The molecule has 1 aromatic carbocycles. The lowest BCUT2D eigenvalue weighted by atomic mass is 10.4. The highest BCUT2D eigenvalue weighted by Gasteiger charge is 2.02. The Morgan fingerprint density at radius 3 is 3.00 bits per heavy atom. The Labute approximate surface area is 111 Å². The Balaban J connectivity index is 1.96. The van der Waals surface area contributed by atoms with Gasteiger partial charge >= 0.3 is 0 Å². The van der Waals surface area contributed by atoms with Gasteiger partial charge in [0.05, 0.1) is 11.6 Å². The highest BCUT2D eigenvalue weighted by molar-refractivity contribution is 9.10. The zero-order valence-electron chi connectivity index (χ0n) is 8.28. The number of hydrogen-bond acceptors (Lipinski definition) is 3. The van der Waals surface area contributed by atoms with Gasteiger partial charge in [-0.2, -0.15) is 5.10 Å². The van der Waals surface area contributed by atoms with E-state index in [1.807, 2.05) is 12.1 Å². The summed E-state index contributed by atoms with van der Waals surface area (Å²) in [6.07, 6.45) is 0. The normalized spacial score (nSPS) is 10.6. The number of benzene rings is 1. The number of rotatable bonds is 4. The van der Waals surface area contributed by atoms with Crippen molar-refractivity contribution in [1.29, 1.82) is 0 Å². The molecule has 2 aromatic rings. The molecule has 0 radical (unpaired) electrons. The summed E-state index contributed by atoms with van der Waals surface area (Å²) in [7, 11) is 0. The molecule has 1 heterocycles. The molecule has 0 amide bonds. The van der Waals surface area contributed by atoms with Crippen molar-refractivity contribution in [3.63, 3.8) is 0 Å². The fraction of sp³-hybridized carbons (Fsp3) is 0.200. The van der Waals surface area contributed by atoms with Gasteiger partial charge in [0, 0.05) is 9.37 Å². The van der Waals surface area contributed by atoms with Gasteiger partial charge in [-0.1, -0.05) is 22.0 Å². The second-order valence-electron chi connectivity index (χ2n) is 3.08. The molecule has 6 heteroatoms. The zero-order valence-corrected chi connectivity index (χ0v) is 11.4. The Kier molecular flexibility index (Phi) is 4.26. The van der Waals surface area contributed by atoms with Crippen LogP contribution in [0.4, 0.5) is 0 Å². The molecule has 84 valence electrons. The smallest absolute Gasteiger partial charge is 0.165 e. The van der Waals surface area contributed by atoms with E-state index >= 15 is 0 Å². The fourth-order valence-electron chi connectivity index (χ4n) is 1.17. The molecule has 1 N–H and O–H groups in total. The van der Waals surface area contributed by atoms with Crippen LogP contribution in [0.1, 0.15) is 11.6 Å². The summed E-state index contributed by atoms with van der Waals surface area (Å²) in [6.45, 7) is 0. The van der Waals surface area contributed by atoms with Crippen LogP contribution in [0, 0.1) is 0 Å². The molecule has 0 aliphatic carbocycles. The maximum absolute atomic E-state index is 5.62. The fourth-order valence-corrected chi connectivity index (χ4v) is 2.66. The quantitative estimate of drug-likeness (QED) is 0.692. The molecule has 2 rings (SSSR count). The lowest BCUT2D eigenvalue weighted by molar-refractivity contribution is 1.00. The molecule has 0 aliphatic heterocycles. The van der Waals surface area contributed by atoms with E-state index in [4.69, 9.17) is 11.6 Å². The van der Waals surface area contributed by atoms with E-state index in [0.29, 0.717) is 11.7 Å². The van der Waals surface area contributed by atoms with Crippen LogP contribution in [-0.2, 0) is 11.6 Å². The number of halogens is 2. The number of alkyl halides is 1. The third-order valence-corrected chi connectivity index (χ3v) is 3.61. The van der Waals surface area contributed by atoms with Gasteiger partial charge in [-0.15, -0.1) is 23.4 Å². The largest absolute Gasteiger partial charge is 0.262 e. The summed E-state index contributed by atoms with van der Waals surface area (Å²) >= 11 is 10.8. The first-order valence-electron chi connectivity index (χ1n) is 4.62. The van der Waals surface area contributed by atoms with Crippen molar-refractivity contribution in [3.8, 4) is 0 Å². The van der Waals surface area contributed by atoms with Crippen LogP contribution in [0.5, 0.6) is 0 Å². The molecular formula is C10H9BrClN3S. The van der Waals surface area contributed by atoms with Crippen LogP contribution in [0.15, 0.2) is 33.6 Å². The van der Waals surface area contributed by atoms with Crippen LogP contribution < -0.4 is 0 Å². The highest BCUT2D eigenvalue weighted by Crippen LogP contribution is 2.24. The Hall–Kier alpha value is -0.520. The Morgan fingerprint density at radius 1 is 1.44 bits per heavy atom. The summed E-state index contributed by atoms with van der Waals surface area (Å²) in [5.41, 5.74) is 0. The Bertz CT molecular complexity index is 475. The second kappa shape index (κ2) is 5.70. The predicted molar refractivity (Wildman–Crippen MR) is 69.6 cm³/mol. The van der Waals surface area contributed by atoms with Gasteiger partial charge in [0.15, 0.2) is 5.82 Å². The minimum atomic E-state index is 0.345. The van der Waals surface area contributed by atoms with E-state index in [1.165, 1.54) is 4.90 Å². The molecule has 0 aliphatic rings. The van der Waals surface area contributed by atoms with E-state index in [0.717, 1.165) is 16.0 Å². The van der Waals surface area contributed by atoms with Crippen molar-refractivity contribution in [2.45, 2.75) is 16.5 Å². The number of nitrogens with one attached hydrogen (secondary N) is 1. The standard InChI is InChI=1S/C10H9BrClN3S/c11-7-2-1-3-8(4-7)16-6-10-13-9(5-12)14-15-10/h1-4H,5-6H2,(H,13,14,15). The molecule has 0 saturated heterocycles. The average molecular weight is 319 g/mol. The molecule has 0 atom stereocenters. The monoisotopic (exact) mass is 317 g/mol. The zero-order chi connectivity index (χ0) is 11.4. The van der Waals surface area contributed by atoms with Crippen LogP contribution in [-0.4, -0.2) is 15.2 Å². The number of nitrogens with zero attached hydrogens (tertiary/aromatic N) is 2. The molecule has 0 saturated carbocycles. The summed E-state index contributed by atoms with van der Waals surface area (Å²) < 4.78 is 1.08. The minimum Gasteiger partial charge on any atom is -0.262 e. The van der Waals surface area contributed by atoms with Crippen LogP contribution in [0.2, 0.25) is 0 Å². The van der Waals surface area contributed by atoms with E-state index in [-0.39, 0.29) is 0 Å². The van der Waals surface area contributed by atoms with Gasteiger partial charge in [-0.05, 0) is 18.2 Å². The van der Waals surface area contributed by atoms with Gasteiger partial charge in [0.25, 0.3) is 0 Å². The van der Waals surface area contributed by atoms with Gasteiger partial charge in [0.2, 0.25) is 0 Å². The third kappa shape index (κ3) is 3.23. The van der Waals surface area contributed by atoms with Crippen molar-refractivity contribution in [1.82, 2.24) is 15.2 Å². The molecule has 0 bridgehead atoms. The van der Waals surface area contributed by atoms with Gasteiger partial charge in [-0.25, -0.2) is 4.98 Å². The predicted octanol–water partition coefficient (Wildman–Crippen LogP) is 3.60. The van der Waals surface area contributed by atoms with Crippen LogP contribution in [0.25, 0.3) is 0 Å². The van der Waals surface area contributed by atoms with Crippen molar-refractivity contribution in [2.75, 3.05) is 0 Å². The number of aromatic nitrogens is 3. The molecule has 16 heavy (non-hydrogen) atoms. The van der Waals surface area contributed by atoms with Crippen molar-refractivity contribution < 1.29 is 0 Å². The molecule has 3 nitrogen and oxygen atoms in total. The maximum atomic E-state index is 5.62. The number of hydrogen-bond donors (Lipinski definition) is 1. The lowest BCUT2D eigenvalue weighted by Gasteiger charge is -1.99. The maximum Gasteiger partial charge on any atom is 0.165 e. The van der Waals surface area contributed by atoms with E-state index in [2.05, 4.69) is 43.2 Å². The van der Waals surface area contributed by atoms with Gasteiger partial charge in [-0.3, -0.25) is 5.10 Å². The molecule has 0 unspecified atom stereocenters. The minimum absolute atomic E-state index is 0.345. The molecule has 1 aromatic heterocycles. The third-order valence-electron chi connectivity index (χ3n) is 1.87. The van der Waals surface area contributed by atoms with E-state index in [9.17, 15) is 0 Å². The first kappa shape index (κ1) is 12.0. The highest BCUT2D eigenvalue weighted by atomic mass is 79.9. The summed E-state index contributed by atoms with van der Waals surface area (Å²) in [6, 6.07) is 8.15. The number of thioether (sulfide) groups is 1. The SMILES string of the molecule is ClCc1n[nH]c(CSc2cccc(Br)c2)n1.